The Hall–Kier alpha value is -1.96. The van der Waals surface area contributed by atoms with Gasteiger partial charge < -0.3 is 9.80 Å². The van der Waals surface area contributed by atoms with E-state index in [-0.39, 0.29) is 0 Å². The molecule has 0 aliphatic carbocycles. The van der Waals surface area contributed by atoms with Crippen LogP contribution >= 0.6 is 11.8 Å². The molecule has 1 aliphatic heterocycles. The predicted molar refractivity (Wildman–Crippen MR) is 96.6 cm³/mol. The van der Waals surface area contributed by atoms with Gasteiger partial charge in [0.2, 0.25) is 0 Å². The SMILES string of the molecule is Cc1cc(F)c(N2CCN(c3ccncc3)CC2)cc1SCC(F)(F)F. The molecule has 26 heavy (non-hydrogen) atoms. The van der Waals surface area contributed by atoms with Crippen LogP contribution in [0.25, 0.3) is 0 Å². The molecule has 0 spiro atoms. The highest BCUT2D eigenvalue weighted by atomic mass is 32.2. The van der Waals surface area contributed by atoms with E-state index in [0.29, 0.717) is 54.1 Å². The van der Waals surface area contributed by atoms with Crippen molar-refractivity contribution in [1.29, 1.82) is 0 Å². The molecule has 1 fully saturated rings. The fraction of sp³-hybridized carbons (Fsp3) is 0.389. The summed E-state index contributed by atoms with van der Waals surface area (Å²) in [5.41, 5.74) is 1.95. The van der Waals surface area contributed by atoms with Gasteiger partial charge in [0, 0.05) is 49.2 Å². The van der Waals surface area contributed by atoms with Crippen LogP contribution in [0.5, 0.6) is 0 Å². The third kappa shape index (κ3) is 4.60. The van der Waals surface area contributed by atoms with E-state index >= 15 is 0 Å². The van der Waals surface area contributed by atoms with Crippen molar-refractivity contribution in [2.24, 2.45) is 0 Å². The highest BCUT2D eigenvalue weighted by Gasteiger charge is 2.28. The van der Waals surface area contributed by atoms with Gasteiger partial charge in [0.25, 0.3) is 0 Å². The van der Waals surface area contributed by atoms with Gasteiger partial charge in [0.05, 0.1) is 11.4 Å². The van der Waals surface area contributed by atoms with Crippen LogP contribution in [0.2, 0.25) is 0 Å². The Bertz CT molecular complexity index is 744. The van der Waals surface area contributed by atoms with E-state index in [1.54, 1.807) is 25.4 Å². The van der Waals surface area contributed by atoms with Gasteiger partial charge in [0.1, 0.15) is 5.82 Å². The molecule has 0 radical (unpaired) electrons. The zero-order chi connectivity index (χ0) is 18.7. The van der Waals surface area contributed by atoms with Crippen molar-refractivity contribution in [3.63, 3.8) is 0 Å². The van der Waals surface area contributed by atoms with E-state index in [0.717, 1.165) is 5.69 Å². The van der Waals surface area contributed by atoms with E-state index < -0.39 is 17.7 Å². The van der Waals surface area contributed by atoms with Crippen LogP contribution in [-0.4, -0.2) is 43.1 Å². The zero-order valence-corrected chi connectivity index (χ0v) is 15.1. The number of piperazine rings is 1. The lowest BCUT2D eigenvalue weighted by Crippen LogP contribution is -2.46. The molecule has 0 amide bonds. The molecule has 0 atom stereocenters. The lowest BCUT2D eigenvalue weighted by atomic mass is 10.1. The van der Waals surface area contributed by atoms with Crippen LogP contribution in [0.3, 0.4) is 0 Å². The van der Waals surface area contributed by atoms with Crippen molar-refractivity contribution in [1.82, 2.24) is 4.98 Å². The summed E-state index contributed by atoms with van der Waals surface area (Å²) in [6.07, 6.45) is -0.793. The van der Waals surface area contributed by atoms with Crippen molar-refractivity contribution in [2.75, 3.05) is 41.7 Å². The molecule has 1 aromatic carbocycles. The number of hydrogen-bond donors (Lipinski definition) is 0. The molecule has 1 saturated heterocycles. The van der Waals surface area contributed by atoms with E-state index in [1.807, 2.05) is 17.0 Å². The number of pyridine rings is 1. The third-order valence-corrected chi connectivity index (χ3v) is 5.51. The summed E-state index contributed by atoms with van der Waals surface area (Å²) in [6, 6.07) is 6.72. The maximum absolute atomic E-state index is 14.4. The second kappa shape index (κ2) is 7.73. The van der Waals surface area contributed by atoms with E-state index in [2.05, 4.69) is 9.88 Å². The number of benzene rings is 1. The van der Waals surface area contributed by atoms with Gasteiger partial charge in [-0.2, -0.15) is 13.2 Å². The first-order chi connectivity index (χ1) is 12.3. The number of nitrogens with zero attached hydrogens (tertiary/aromatic N) is 3. The molecule has 3 nitrogen and oxygen atoms in total. The standard InChI is InChI=1S/C18H19F4N3S/c1-13-10-15(19)16(11-17(13)26-12-18(20,21)22)25-8-6-24(7-9-25)14-2-4-23-5-3-14/h2-5,10-11H,6-9,12H2,1H3. The summed E-state index contributed by atoms with van der Waals surface area (Å²) in [5.74, 6) is -1.37. The number of hydrogen-bond acceptors (Lipinski definition) is 4. The van der Waals surface area contributed by atoms with Crippen LogP contribution < -0.4 is 9.80 Å². The van der Waals surface area contributed by atoms with Crippen LogP contribution in [-0.2, 0) is 0 Å². The van der Waals surface area contributed by atoms with Crippen LogP contribution in [0.4, 0.5) is 28.9 Å². The average Bonchev–Trinajstić information content (AvgIpc) is 2.61. The van der Waals surface area contributed by atoms with E-state index in [9.17, 15) is 17.6 Å². The second-order valence-corrected chi connectivity index (χ2v) is 7.17. The first-order valence-corrected chi connectivity index (χ1v) is 9.22. The molecule has 0 saturated carbocycles. The van der Waals surface area contributed by atoms with Crippen molar-refractivity contribution in [3.8, 4) is 0 Å². The summed E-state index contributed by atoms with van der Waals surface area (Å²) in [6.45, 7) is 4.26. The number of anilines is 2. The number of aromatic nitrogens is 1. The van der Waals surface area contributed by atoms with Crippen LogP contribution in [0.1, 0.15) is 5.56 Å². The van der Waals surface area contributed by atoms with Crippen molar-refractivity contribution < 1.29 is 17.6 Å². The fourth-order valence-electron chi connectivity index (χ4n) is 2.96. The topological polar surface area (TPSA) is 19.4 Å². The van der Waals surface area contributed by atoms with Gasteiger partial charge >= 0.3 is 6.18 Å². The molecule has 140 valence electrons. The number of aryl methyl sites for hydroxylation is 1. The van der Waals surface area contributed by atoms with Gasteiger partial charge in [-0.05, 0) is 36.8 Å². The van der Waals surface area contributed by atoms with Crippen molar-refractivity contribution in [3.05, 3.63) is 48.0 Å². The molecule has 1 aromatic heterocycles. The predicted octanol–water partition coefficient (Wildman–Crippen LogP) is 4.51. The van der Waals surface area contributed by atoms with Gasteiger partial charge in [-0.25, -0.2) is 4.39 Å². The highest BCUT2D eigenvalue weighted by molar-refractivity contribution is 7.99. The van der Waals surface area contributed by atoms with Gasteiger partial charge in [0.15, 0.2) is 0 Å². The molecule has 0 N–H and O–H groups in total. The molecule has 2 aromatic rings. The lowest BCUT2D eigenvalue weighted by Gasteiger charge is -2.37. The fourth-order valence-corrected chi connectivity index (χ4v) is 3.76. The molecule has 3 rings (SSSR count). The Morgan fingerprint density at radius 1 is 1.04 bits per heavy atom. The molecule has 2 heterocycles. The Labute approximate surface area is 154 Å². The molecular weight excluding hydrogens is 366 g/mol. The van der Waals surface area contributed by atoms with Gasteiger partial charge in [-0.1, -0.05) is 0 Å². The minimum atomic E-state index is -4.25. The summed E-state index contributed by atoms with van der Waals surface area (Å²) in [5, 5.41) is 0. The van der Waals surface area contributed by atoms with Gasteiger partial charge in [-0.15, -0.1) is 11.8 Å². The maximum Gasteiger partial charge on any atom is 0.398 e. The molecular formula is C18H19F4N3S. The Kier molecular flexibility index (Phi) is 5.60. The molecule has 8 heteroatoms. The van der Waals surface area contributed by atoms with Crippen molar-refractivity contribution in [2.45, 2.75) is 18.0 Å². The van der Waals surface area contributed by atoms with Crippen molar-refractivity contribution >= 4 is 23.1 Å². The lowest BCUT2D eigenvalue weighted by molar-refractivity contribution is -0.105. The number of thioether (sulfide) groups is 1. The quantitative estimate of drug-likeness (QED) is 0.570. The molecule has 1 aliphatic rings. The monoisotopic (exact) mass is 385 g/mol. The molecule has 0 bridgehead atoms. The highest BCUT2D eigenvalue weighted by Crippen LogP contribution is 2.34. The minimum Gasteiger partial charge on any atom is -0.368 e. The summed E-state index contributed by atoms with van der Waals surface area (Å²) < 4.78 is 51.9. The normalized spacial score (nSPS) is 15.4. The first-order valence-electron chi connectivity index (χ1n) is 8.23. The maximum atomic E-state index is 14.4. The zero-order valence-electron chi connectivity index (χ0n) is 14.3. The Balaban J connectivity index is 1.71. The number of alkyl halides is 3. The summed E-state index contributed by atoms with van der Waals surface area (Å²) >= 11 is 0.703. The number of rotatable bonds is 4. The summed E-state index contributed by atoms with van der Waals surface area (Å²) in [7, 11) is 0. The largest absolute Gasteiger partial charge is 0.398 e. The van der Waals surface area contributed by atoms with E-state index in [4.69, 9.17) is 0 Å². The second-order valence-electron chi connectivity index (χ2n) is 6.15. The van der Waals surface area contributed by atoms with Crippen LogP contribution in [0, 0.1) is 12.7 Å². The number of halogens is 4. The van der Waals surface area contributed by atoms with E-state index in [1.165, 1.54) is 6.07 Å². The van der Waals surface area contributed by atoms with Gasteiger partial charge in [-0.3, -0.25) is 4.98 Å². The first kappa shape index (κ1) is 18.8. The molecule has 0 unspecified atom stereocenters. The van der Waals surface area contributed by atoms with Crippen LogP contribution in [0.15, 0.2) is 41.6 Å². The Morgan fingerprint density at radius 2 is 1.65 bits per heavy atom. The Morgan fingerprint density at radius 3 is 2.27 bits per heavy atom. The average molecular weight is 385 g/mol. The smallest absolute Gasteiger partial charge is 0.368 e. The third-order valence-electron chi connectivity index (χ3n) is 4.28. The minimum absolute atomic E-state index is 0.370. The summed E-state index contributed by atoms with van der Waals surface area (Å²) in [4.78, 5) is 8.54.